The molecule has 2 N–H and O–H groups in total. The number of methoxy groups -OCH3 is 1. The molecule has 3 aromatic rings. The van der Waals surface area contributed by atoms with Crippen molar-refractivity contribution in [1.29, 1.82) is 0 Å². The minimum absolute atomic E-state index is 0.0422. The summed E-state index contributed by atoms with van der Waals surface area (Å²) in [5.74, 6) is -1.47. The van der Waals surface area contributed by atoms with Gasteiger partial charge in [0.15, 0.2) is 15.1 Å². The van der Waals surface area contributed by atoms with Crippen LogP contribution in [0.3, 0.4) is 0 Å². The molecule has 34 heavy (non-hydrogen) atoms. The summed E-state index contributed by atoms with van der Waals surface area (Å²) in [4.78, 5) is 21.6. The van der Waals surface area contributed by atoms with E-state index in [1.54, 1.807) is 24.4 Å². The fourth-order valence-corrected chi connectivity index (χ4v) is 6.47. The molecule has 11 heteroatoms. The predicted octanol–water partition coefficient (Wildman–Crippen LogP) is 2.78. The Labute approximate surface area is 201 Å². The van der Waals surface area contributed by atoms with E-state index in [9.17, 15) is 17.6 Å². The van der Waals surface area contributed by atoms with Crippen molar-refractivity contribution in [1.82, 2.24) is 20.6 Å². The van der Waals surface area contributed by atoms with Crippen LogP contribution in [0.5, 0.6) is 0 Å². The number of hydrogen-bond donors (Lipinski definition) is 2. The van der Waals surface area contributed by atoms with Crippen molar-refractivity contribution >= 4 is 37.3 Å². The monoisotopic (exact) mass is 506 g/mol. The Hall–Kier alpha value is -2.47. The van der Waals surface area contributed by atoms with Crippen molar-refractivity contribution in [3.8, 4) is 11.1 Å². The van der Waals surface area contributed by atoms with E-state index >= 15 is 0 Å². The number of rotatable bonds is 11. The number of carbonyl (C=O) groups is 1. The zero-order valence-corrected chi connectivity index (χ0v) is 20.6. The topological polar surface area (TPSA) is 110 Å². The number of ether oxygens (including phenoxy) is 1. The number of aryl methyl sites for hydroxylation is 1. The van der Waals surface area contributed by atoms with Gasteiger partial charge in [-0.2, -0.15) is 0 Å². The molecule has 0 bridgehead atoms. The number of benzene rings is 1. The molecule has 0 saturated heterocycles. The van der Waals surface area contributed by atoms with Crippen molar-refractivity contribution in [2.24, 2.45) is 0 Å². The molecule has 0 aliphatic heterocycles. The highest BCUT2D eigenvalue weighted by molar-refractivity contribution is 7.92. The van der Waals surface area contributed by atoms with Gasteiger partial charge in [0.1, 0.15) is 10.8 Å². The number of nitrogens with one attached hydrogen (secondary N) is 2. The van der Waals surface area contributed by atoms with Crippen molar-refractivity contribution in [3.63, 3.8) is 0 Å². The average molecular weight is 507 g/mol. The SMILES string of the molecule is COCCS(=O)(=O)C(C(=O)NCCNC1CC1)c1nc2cc(F)c(-c3ccc(C)nc3)cc2s1. The highest BCUT2D eigenvalue weighted by Gasteiger charge is 2.37. The summed E-state index contributed by atoms with van der Waals surface area (Å²) in [6.07, 6.45) is 3.82. The summed E-state index contributed by atoms with van der Waals surface area (Å²) in [6, 6.07) is 6.93. The molecule has 1 unspecified atom stereocenters. The smallest absolute Gasteiger partial charge is 0.245 e. The maximum absolute atomic E-state index is 14.9. The summed E-state index contributed by atoms with van der Waals surface area (Å²) < 4.78 is 46.5. The van der Waals surface area contributed by atoms with E-state index in [1.807, 2.05) is 6.92 Å². The maximum atomic E-state index is 14.9. The van der Waals surface area contributed by atoms with Crippen LogP contribution in [-0.2, 0) is 19.4 Å². The second kappa shape index (κ2) is 10.4. The van der Waals surface area contributed by atoms with Crippen molar-refractivity contribution in [3.05, 3.63) is 47.0 Å². The molecular weight excluding hydrogens is 479 g/mol. The van der Waals surface area contributed by atoms with Gasteiger partial charge in [0, 0.05) is 55.3 Å². The lowest BCUT2D eigenvalue weighted by molar-refractivity contribution is -0.120. The summed E-state index contributed by atoms with van der Waals surface area (Å²) in [7, 11) is -2.52. The van der Waals surface area contributed by atoms with E-state index in [1.165, 1.54) is 13.2 Å². The molecule has 4 rings (SSSR count). The summed E-state index contributed by atoms with van der Waals surface area (Å²) in [6.45, 7) is 2.66. The molecule has 1 amide bonds. The van der Waals surface area contributed by atoms with Crippen LogP contribution in [-0.4, -0.2) is 62.9 Å². The second-order valence-corrected chi connectivity index (χ2v) is 11.6. The van der Waals surface area contributed by atoms with Crippen LogP contribution in [0, 0.1) is 12.7 Å². The van der Waals surface area contributed by atoms with Gasteiger partial charge < -0.3 is 15.4 Å². The molecule has 1 aliphatic rings. The fourth-order valence-electron chi connectivity index (χ4n) is 3.52. The molecule has 1 saturated carbocycles. The summed E-state index contributed by atoms with van der Waals surface area (Å²) in [5.41, 5.74) is 2.05. The molecule has 0 spiro atoms. The van der Waals surface area contributed by atoms with Gasteiger partial charge in [0.05, 0.1) is 22.6 Å². The minimum atomic E-state index is -3.92. The highest BCUT2D eigenvalue weighted by atomic mass is 32.2. The Morgan fingerprint density at radius 3 is 2.76 bits per heavy atom. The molecule has 1 fully saturated rings. The number of halogens is 1. The first-order valence-electron chi connectivity index (χ1n) is 11.0. The van der Waals surface area contributed by atoms with Crippen LogP contribution in [0.4, 0.5) is 4.39 Å². The molecule has 2 aromatic heterocycles. The number of aromatic nitrogens is 2. The molecule has 1 aliphatic carbocycles. The zero-order valence-electron chi connectivity index (χ0n) is 19.0. The Kier molecular flexibility index (Phi) is 7.56. The minimum Gasteiger partial charge on any atom is -0.384 e. The third kappa shape index (κ3) is 5.77. The van der Waals surface area contributed by atoms with Crippen molar-refractivity contribution < 1.29 is 22.3 Å². The predicted molar refractivity (Wildman–Crippen MR) is 130 cm³/mol. The number of hydrogen-bond acceptors (Lipinski definition) is 8. The lowest BCUT2D eigenvalue weighted by atomic mass is 10.1. The van der Waals surface area contributed by atoms with Gasteiger partial charge in [-0.05, 0) is 31.9 Å². The van der Waals surface area contributed by atoms with E-state index in [0.29, 0.717) is 40.5 Å². The van der Waals surface area contributed by atoms with Crippen molar-refractivity contribution in [2.45, 2.75) is 31.1 Å². The van der Waals surface area contributed by atoms with Gasteiger partial charge in [0.25, 0.3) is 0 Å². The lowest BCUT2D eigenvalue weighted by Crippen LogP contribution is -2.39. The average Bonchev–Trinajstić information content (AvgIpc) is 3.54. The number of thiazole rings is 1. The Balaban J connectivity index is 1.65. The molecule has 2 heterocycles. The number of pyridine rings is 1. The second-order valence-electron chi connectivity index (χ2n) is 8.30. The van der Waals surface area contributed by atoms with Crippen LogP contribution >= 0.6 is 11.3 Å². The van der Waals surface area contributed by atoms with Gasteiger partial charge >= 0.3 is 0 Å². The zero-order chi connectivity index (χ0) is 24.3. The highest BCUT2D eigenvalue weighted by Crippen LogP contribution is 2.35. The normalized spacial score (nSPS) is 14.9. The fraction of sp³-hybridized carbons (Fsp3) is 0.435. The number of fused-ring (bicyclic) bond motifs is 1. The van der Waals surface area contributed by atoms with E-state index in [2.05, 4.69) is 20.6 Å². The number of nitrogens with zero attached hydrogens (tertiary/aromatic N) is 2. The molecule has 1 atom stereocenters. The van der Waals surface area contributed by atoms with Gasteiger partial charge in [0.2, 0.25) is 5.91 Å². The van der Waals surface area contributed by atoms with Crippen LogP contribution in [0.2, 0.25) is 0 Å². The van der Waals surface area contributed by atoms with Gasteiger partial charge in [-0.25, -0.2) is 17.8 Å². The molecular formula is C23H27FN4O4S2. The van der Waals surface area contributed by atoms with Gasteiger partial charge in [-0.1, -0.05) is 6.07 Å². The Morgan fingerprint density at radius 2 is 2.09 bits per heavy atom. The maximum Gasteiger partial charge on any atom is 0.245 e. The molecule has 8 nitrogen and oxygen atoms in total. The van der Waals surface area contributed by atoms with Gasteiger partial charge in [-0.15, -0.1) is 11.3 Å². The Morgan fingerprint density at radius 1 is 1.29 bits per heavy atom. The molecule has 0 radical (unpaired) electrons. The molecule has 182 valence electrons. The lowest BCUT2D eigenvalue weighted by Gasteiger charge is -2.15. The largest absolute Gasteiger partial charge is 0.384 e. The quantitative estimate of drug-likeness (QED) is 0.385. The third-order valence-electron chi connectivity index (χ3n) is 5.54. The summed E-state index contributed by atoms with van der Waals surface area (Å²) >= 11 is 1.07. The van der Waals surface area contributed by atoms with E-state index < -0.39 is 26.8 Å². The van der Waals surface area contributed by atoms with Gasteiger partial charge in [-0.3, -0.25) is 9.78 Å². The van der Waals surface area contributed by atoms with Crippen LogP contribution in [0.15, 0.2) is 30.5 Å². The number of amides is 1. The van der Waals surface area contributed by atoms with E-state index in [-0.39, 0.29) is 17.4 Å². The number of carbonyl (C=O) groups excluding carboxylic acids is 1. The van der Waals surface area contributed by atoms with Crippen LogP contribution in [0.1, 0.15) is 28.8 Å². The Bertz CT molecular complexity index is 1270. The first kappa shape index (κ1) is 24.6. The third-order valence-corrected chi connectivity index (χ3v) is 8.67. The first-order valence-corrected chi connectivity index (χ1v) is 13.6. The first-order chi connectivity index (χ1) is 16.3. The van der Waals surface area contributed by atoms with Crippen LogP contribution in [0.25, 0.3) is 21.3 Å². The van der Waals surface area contributed by atoms with E-state index in [4.69, 9.17) is 4.74 Å². The molecule has 1 aromatic carbocycles. The number of sulfone groups is 1. The standard InChI is InChI=1S/C23H27FN4O4S2/c1-14-3-4-15(13-27-14)17-11-20-19(12-18(17)24)28-23(33-20)21(34(30,31)10-9-32-2)22(29)26-8-7-25-16-5-6-16/h3-4,11-13,16,21,25H,5-10H2,1-2H3,(H,26,29). The van der Waals surface area contributed by atoms with E-state index in [0.717, 1.165) is 29.9 Å². The van der Waals surface area contributed by atoms with Crippen molar-refractivity contribution in [2.75, 3.05) is 32.6 Å². The van der Waals surface area contributed by atoms with Crippen LogP contribution < -0.4 is 10.6 Å². The summed E-state index contributed by atoms with van der Waals surface area (Å²) in [5, 5.41) is 4.60.